The Labute approximate surface area is 177 Å². The van der Waals surface area contributed by atoms with Gasteiger partial charge in [0.25, 0.3) is 5.91 Å². The zero-order chi connectivity index (χ0) is 20.7. The summed E-state index contributed by atoms with van der Waals surface area (Å²) in [6.07, 6.45) is 0. The van der Waals surface area contributed by atoms with Gasteiger partial charge in [0.2, 0.25) is 5.95 Å². The van der Waals surface area contributed by atoms with Gasteiger partial charge >= 0.3 is 0 Å². The molecule has 0 aliphatic carbocycles. The molecule has 4 rings (SSSR count). The molecule has 2 heterocycles. The molecule has 2 aromatic carbocycles. The molecular weight excluding hydrogens is 411 g/mol. The summed E-state index contributed by atoms with van der Waals surface area (Å²) in [7, 11) is 0. The van der Waals surface area contributed by atoms with Gasteiger partial charge in [0.1, 0.15) is 6.04 Å². The van der Waals surface area contributed by atoms with Crippen LogP contribution < -0.4 is 10.6 Å². The van der Waals surface area contributed by atoms with E-state index in [1.54, 1.807) is 25.1 Å². The Hall–Kier alpha value is -2.90. The van der Waals surface area contributed by atoms with E-state index in [4.69, 9.17) is 23.2 Å². The van der Waals surface area contributed by atoms with Crippen LogP contribution in [0, 0.1) is 13.8 Å². The predicted octanol–water partition coefficient (Wildman–Crippen LogP) is 4.52. The largest absolute Gasteiger partial charge is 0.326 e. The number of hydrogen-bond acceptors (Lipinski definition) is 5. The summed E-state index contributed by atoms with van der Waals surface area (Å²) in [6.45, 7) is 5.76. The smallest absolute Gasteiger partial charge is 0.255 e. The average Bonchev–Trinajstić information content (AvgIpc) is 3.13. The molecule has 1 unspecified atom stereocenters. The molecular formula is C20H18Cl2N6O. The number of hydrogen-bond donors (Lipinski definition) is 2. The first-order valence-electron chi connectivity index (χ1n) is 8.95. The number of aromatic nitrogens is 4. The van der Waals surface area contributed by atoms with Crippen LogP contribution in [-0.4, -0.2) is 26.1 Å². The van der Waals surface area contributed by atoms with E-state index < -0.39 is 6.04 Å². The van der Waals surface area contributed by atoms with Crippen molar-refractivity contribution >= 4 is 40.7 Å². The maximum absolute atomic E-state index is 13.4. The molecule has 3 aromatic rings. The second-order valence-electron chi connectivity index (χ2n) is 6.85. The minimum Gasteiger partial charge on any atom is -0.326 e. The zero-order valence-corrected chi connectivity index (χ0v) is 17.5. The van der Waals surface area contributed by atoms with Crippen molar-refractivity contribution in [3.05, 3.63) is 74.4 Å². The predicted molar refractivity (Wildman–Crippen MR) is 113 cm³/mol. The fraction of sp³-hybridized carbons (Fsp3) is 0.200. The van der Waals surface area contributed by atoms with Crippen LogP contribution in [0.5, 0.6) is 0 Å². The fourth-order valence-corrected chi connectivity index (χ4v) is 4.03. The molecule has 29 heavy (non-hydrogen) atoms. The standard InChI is InChI=1S/C20H18Cl2N6O/c1-10-6-4-9-15(11(10)2)24-19(29)16-12(3)23-20-25-26-27-28(20)18(16)17-13(21)7-5-8-14(17)22/h4-9,18H,1-3H3,(H,24,29)(H,23,25,27). The summed E-state index contributed by atoms with van der Waals surface area (Å²) < 4.78 is 1.51. The van der Waals surface area contributed by atoms with Crippen molar-refractivity contribution in [2.45, 2.75) is 26.8 Å². The Morgan fingerprint density at radius 2 is 1.79 bits per heavy atom. The second-order valence-corrected chi connectivity index (χ2v) is 7.66. The third kappa shape index (κ3) is 3.36. The SMILES string of the molecule is CC1=C(C(=O)Nc2cccc(C)c2C)C(c2c(Cl)cccc2Cl)n2nnnc2N1. The normalized spacial score (nSPS) is 15.7. The Kier molecular flexibility index (Phi) is 5.02. The van der Waals surface area contributed by atoms with Crippen molar-refractivity contribution in [2.24, 2.45) is 0 Å². The molecule has 7 nitrogen and oxygen atoms in total. The first-order chi connectivity index (χ1) is 13.9. The van der Waals surface area contributed by atoms with Crippen molar-refractivity contribution in [3.8, 4) is 0 Å². The molecule has 0 fully saturated rings. The van der Waals surface area contributed by atoms with Gasteiger partial charge in [-0.2, -0.15) is 4.68 Å². The molecule has 0 radical (unpaired) electrons. The molecule has 1 aromatic heterocycles. The number of nitrogens with one attached hydrogen (secondary N) is 2. The number of carbonyl (C=O) groups is 1. The van der Waals surface area contributed by atoms with Gasteiger partial charge in [-0.05, 0) is 60.5 Å². The van der Waals surface area contributed by atoms with Crippen LogP contribution in [-0.2, 0) is 4.79 Å². The van der Waals surface area contributed by atoms with Crippen LogP contribution in [0.3, 0.4) is 0 Å². The van der Waals surface area contributed by atoms with Crippen molar-refractivity contribution < 1.29 is 4.79 Å². The summed E-state index contributed by atoms with van der Waals surface area (Å²) >= 11 is 13.0. The first-order valence-corrected chi connectivity index (χ1v) is 9.71. The molecule has 1 amide bonds. The van der Waals surface area contributed by atoms with E-state index in [0.717, 1.165) is 16.8 Å². The molecule has 9 heteroatoms. The van der Waals surface area contributed by atoms with Gasteiger partial charge in [-0.1, -0.05) is 46.5 Å². The number of nitrogens with zero attached hydrogens (tertiary/aromatic N) is 4. The molecule has 0 saturated heterocycles. The lowest BCUT2D eigenvalue weighted by Crippen LogP contribution is -2.32. The summed E-state index contributed by atoms with van der Waals surface area (Å²) in [6, 6.07) is 10.3. The second kappa shape index (κ2) is 7.50. The minimum absolute atomic E-state index is 0.286. The number of allylic oxidation sites excluding steroid dienone is 1. The molecule has 148 valence electrons. The van der Waals surface area contributed by atoms with Gasteiger partial charge < -0.3 is 10.6 Å². The first kappa shape index (κ1) is 19.4. The maximum Gasteiger partial charge on any atom is 0.255 e. The number of halogens is 2. The lowest BCUT2D eigenvalue weighted by molar-refractivity contribution is -0.113. The Balaban J connectivity index is 1.83. The van der Waals surface area contributed by atoms with Crippen molar-refractivity contribution in [3.63, 3.8) is 0 Å². The highest BCUT2D eigenvalue weighted by Crippen LogP contribution is 2.41. The van der Waals surface area contributed by atoms with Crippen LogP contribution in [0.25, 0.3) is 0 Å². The highest BCUT2D eigenvalue weighted by molar-refractivity contribution is 6.36. The highest BCUT2D eigenvalue weighted by atomic mass is 35.5. The summed E-state index contributed by atoms with van der Waals surface area (Å²) in [5, 5.41) is 18.7. The van der Waals surface area contributed by atoms with Crippen LogP contribution in [0.2, 0.25) is 10.0 Å². The minimum atomic E-state index is -0.674. The van der Waals surface area contributed by atoms with E-state index in [1.165, 1.54) is 4.68 Å². The zero-order valence-electron chi connectivity index (χ0n) is 16.0. The van der Waals surface area contributed by atoms with Gasteiger partial charge in [-0.3, -0.25) is 4.79 Å². The fourth-order valence-electron chi connectivity index (χ4n) is 3.42. The van der Waals surface area contributed by atoms with E-state index in [1.807, 2.05) is 32.0 Å². The molecule has 1 atom stereocenters. The Morgan fingerprint density at radius 1 is 1.10 bits per heavy atom. The lowest BCUT2D eigenvalue weighted by atomic mass is 9.94. The van der Waals surface area contributed by atoms with Gasteiger partial charge in [0.15, 0.2) is 0 Å². The number of rotatable bonds is 3. The monoisotopic (exact) mass is 428 g/mol. The van der Waals surface area contributed by atoms with Crippen LogP contribution in [0.4, 0.5) is 11.6 Å². The van der Waals surface area contributed by atoms with Crippen LogP contribution in [0.1, 0.15) is 29.7 Å². The van der Waals surface area contributed by atoms with Crippen molar-refractivity contribution in [2.75, 3.05) is 10.6 Å². The van der Waals surface area contributed by atoms with Crippen molar-refractivity contribution in [1.82, 2.24) is 20.2 Å². The van der Waals surface area contributed by atoms with Gasteiger partial charge in [-0.15, -0.1) is 0 Å². The highest BCUT2D eigenvalue weighted by Gasteiger charge is 2.36. The van der Waals surface area contributed by atoms with Gasteiger partial charge in [0.05, 0.1) is 5.57 Å². The Morgan fingerprint density at radius 3 is 2.52 bits per heavy atom. The van der Waals surface area contributed by atoms with E-state index >= 15 is 0 Å². The lowest BCUT2D eigenvalue weighted by Gasteiger charge is -2.29. The quantitative estimate of drug-likeness (QED) is 0.640. The van der Waals surface area contributed by atoms with Crippen molar-refractivity contribution in [1.29, 1.82) is 0 Å². The van der Waals surface area contributed by atoms with E-state index in [9.17, 15) is 4.79 Å². The molecule has 0 spiro atoms. The molecule has 2 N–H and O–H groups in total. The topological polar surface area (TPSA) is 84.7 Å². The number of benzene rings is 2. The number of aryl methyl sites for hydroxylation is 1. The molecule has 0 saturated carbocycles. The average molecular weight is 429 g/mol. The summed E-state index contributed by atoms with van der Waals surface area (Å²) in [5.41, 5.74) is 4.44. The molecule has 0 bridgehead atoms. The Bertz CT molecular complexity index is 1130. The maximum atomic E-state index is 13.4. The van der Waals surface area contributed by atoms with Crippen LogP contribution in [0.15, 0.2) is 47.7 Å². The van der Waals surface area contributed by atoms with E-state index in [2.05, 4.69) is 26.2 Å². The summed E-state index contributed by atoms with van der Waals surface area (Å²) in [4.78, 5) is 13.4. The molecule has 1 aliphatic rings. The van der Waals surface area contributed by atoms with Gasteiger partial charge in [0, 0.05) is 27.0 Å². The van der Waals surface area contributed by atoms with E-state index in [-0.39, 0.29) is 5.91 Å². The third-order valence-electron chi connectivity index (χ3n) is 5.08. The number of carbonyl (C=O) groups excluding carboxylic acids is 1. The summed E-state index contributed by atoms with van der Waals surface area (Å²) in [5.74, 6) is 0.123. The number of amides is 1. The van der Waals surface area contributed by atoms with Gasteiger partial charge in [-0.25, -0.2) is 0 Å². The molecule has 1 aliphatic heterocycles. The van der Waals surface area contributed by atoms with Crippen LogP contribution >= 0.6 is 23.2 Å². The third-order valence-corrected chi connectivity index (χ3v) is 5.74. The number of anilines is 2. The number of tetrazole rings is 1. The number of fused-ring (bicyclic) bond motifs is 1. The van der Waals surface area contributed by atoms with E-state index in [0.29, 0.717) is 32.8 Å².